The van der Waals surface area contributed by atoms with E-state index in [9.17, 15) is 0 Å². The lowest BCUT2D eigenvalue weighted by Gasteiger charge is -2.13. The molecule has 0 fully saturated rings. The Morgan fingerprint density at radius 2 is 1.36 bits per heavy atom. The maximum absolute atomic E-state index is 5.01. The molecule has 0 aliphatic carbocycles. The van der Waals surface area contributed by atoms with E-state index in [1.54, 1.807) is 11.3 Å². The Bertz CT molecular complexity index is 1610. The van der Waals surface area contributed by atoms with Gasteiger partial charge in [-0.1, -0.05) is 84.9 Å². The zero-order valence-corrected chi connectivity index (χ0v) is 20.5. The summed E-state index contributed by atoms with van der Waals surface area (Å²) in [5.74, 6) is 0.600. The predicted octanol–water partition coefficient (Wildman–Crippen LogP) is 8.53. The zero-order chi connectivity index (χ0) is 22.2. The van der Waals surface area contributed by atoms with Gasteiger partial charge in [0.05, 0.1) is 15.9 Å². The Labute approximate surface area is 209 Å². The van der Waals surface area contributed by atoms with E-state index in [-0.39, 0.29) is 0 Å². The van der Waals surface area contributed by atoms with E-state index in [0.29, 0.717) is 5.95 Å². The van der Waals surface area contributed by atoms with Crippen LogP contribution >= 0.6 is 33.9 Å². The fourth-order valence-corrected chi connectivity index (χ4v) is 5.90. The fourth-order valence-electron chi connectivity index (χ4n) is 4.07. The van der Waals surface area contributed by atoms with Crippen LogP contribution in [0.1, 0.15) is 0 Å². The van der Waals surface area contributed by atoms with E-state index in [1.165, 1.54) is 13.8 Å². The van der Waals surface area contributed by atoms with Crippen LogP contribution in [0.15, 0.2) is 103 Å². The molecule has 6 rings (SSSR count). The van der Waals surface area contributed by atoms with Gasteiger partial charge in [-0.05, 0) is 46.4 Å². The molecule has 0 atom stereocenters. The van der Waals surface area contributed by atoms with Gasteiger partial charge in [0.2, 0.25) is 5.95 Å². The number of hydrogen-bond donors (Lipinski definition) is 1. The molecule has 0 saturated carbocycles. The summed E-state index contributed by atoms with van der Waals surface area (Å²) in [5, 5.41) is 4.69. The first-order valence-corrected chi connectivity index (χ1v) is 12.5. The van der Waals surface area contributed by atoms with Crippen molar-refractivity contribution in [2.24, 2.45) is 0 Å². The number of fused-ring (bicyclic) bond motifs is 3. The largest absolute Gasteiger partial charge is 0.324 e. The molecule has 5 heteroatoms. The Kier molecular flexibility index (Phi) is 5.28. The van der Waals surface area contributed by atoms with Gasteiger partial charge >= 0.3 is 0 Å². The lowest BCUT2D eigenvalue weighted by atomic mass is 10.0. The smallest absolute Gasteiger partial charge is 0.228 e. The number of thiophene rings is 1. The average molecular weight is 555 g/mol. The highest BCUT2D eigenvalue weighted by atomic mass is 127. The summed E-state index contributed by atoms with van der Waals surface area (Å²) in [5.41, 5.74) is 6.33. The van der Waals surface area contributed by atoms with Crippen LogP contribution < -0.4 is 5.32 Å². The topological polar surface area (TPSA) is 37.8 Å². The number of anilines is 2. The number of para-hydroxylation sites is 1. The Morgan fingerprint density at radius 1 is 0.667 bits per heavy atom. The molecule has 6 aromatic rings. The first-order valence-electron chi connectivity index (χ1n) is 10.6. The first kappa shape index (κ1) is 20.3. The molecule has 2 aromatic heterocycles. The highest BCUT2D eigenvalue weighted by molar-refractivity contribution is 14.1. The Hall–Kier alpha value is -3.29. The van der Waals surface area contributed by atoms with Crippen LogP contribution in [0.4, 0.5) is 11.6 Å². The van der Waals surface area contributed by atoms with Crippen LogP contribution in [0.25, 0.3) is 42.7 Å². The van der Waals surface area contributed by atoms with Crippen molar-refractivity contribution in [1.82, 2.24) is 9.97 Å². The minimum atomic E-state index is 0.600. The molecule has 0 saturated heterocycles. The van der Waals surface area contributed by atoms with Crippen molar-refractivity contribution in [2.45, 2.75) is 0 Å². The van der Waals surface area contributed by atoms with Gasteiger partial charge in [-0.25, -0.2) is 9.97 Å². The summed E-state index contributed by atoms with van der Waals surface area (Å²) in [7, 11) is 0. The average Bonchev–Trinajstić information content (AvgIpc) is 3.24. The maximum atomic E-state index is 5.01. The van der Waals surface area contributed by atoms with Crippen LogP contribution in [0, 0.1) is 3.57 Å². The molecule has 158 valence electrons. The summed E-state index contributed by atoms with van der Waals surface area (Å²) in [6.07, 6.45) is 0. The molecule has 4 aromatic carbocycles. The van der Waals surface area contributed by atoms with Crippen molar-refractivity contribution in [3.8, 4) is 22.4 Å². The molecule has 2 heterocycles. The van der Waals surface area contributed by atoms with Gasteiger partial charge in [0.1, 0.15) is 0 Å². The van der Waals surface area contributed by atoms with Crippen molar-refractivity contribution < 1.29 is 0 Å². The molecule has 0 amide bonds. The molecular weight excluding hydrogens is 537 g/mol. The lowest BCUT2D eigenvalue weighted by Crippen LogP contribution is -2.00. The van der Waals surface area contributed by atoms with E-state index >= 15 is 0 Å². The molecule has 0 aliphatic rings. The van der Waals surface area contributed by atoms with E-state index in [0.717, 1.165) is 38.1 Å². The first-order chi connectivity index (χ1) is 16.3. The molecule has 1 N–H and O–H groups in total. The van der Waals surface area contributed by atoms with Crippen LogP contribution in [0.2, 0.25) is 0 Å². The zero-order valence-electron chi connectivity index (χ0n) is 17.5. The number of nitrogens with one attached hydrogen (secondary N) is 1. The van der Waals surface area contributed by atoms with E-state index in [2.05, 4.69) is 119 Å². The van der Waals surface area contributed by atoms with Gasteiger partial charge in [0.25, 0.3) is 0 Å². The predicted molar refractivity (Wildman–Crippen MR) is 148 cm³/mol. The lowest BCUT2D eigenvalue weighted by molar-refractivity contribution is 1.22. The van der Waals surface area contributed by atoms with Crippen LogP contribution in [0.3, 0.4) is 0 Å². The number of nitrogens with zero attached hydrogens (tertiary/aromatic N) is 2. The second kappa shape index (κ2) is 8.57. The monoisotopic (exact) mass is 555 g/mol. The molecule has 0 spiro atoms. The minimum Gasteiger partial charge on any atom is -0.324 e. The summed E-state index contributed by atoms with van der Waals surface area (Å²) >= 11 is 4.13. The van der Waals surface area contributed by atoms with E-state index in [4.69, 9.17) is 9.97 Å². The van der Waals surface area contributed by atoms with Crippen LogP contribution in [0.5, 0.6) is 0 Å². The third kappa shape index (κ3) is 3.77. The number of hydrogen-bond acceptors (Lipinski definition) is 4. The van der Waals surface area contributed by atoms with Gasteiger partial charge in [0.15, 0.2) is 0 Å². The van der Waals surface area contributed by atoms with Gasteiger partial charge in [-0.3, -0.25) is 0 Å². The van der Waals surface area contributed by atoms with Crippen LogP contribution in [-0.2, 0) is 0 Å². The molecule has 33 heavy (non-hydrogen) atoms. The quantitative estimate of drug-likeness (QED) is 0.222. The SMILES string of the molecule is Ic1ccccc1-c1ccccc1Nc1nc(-c2ccccc2)c2sc3ccccc3c2n1. The summed E-state index contributed by atoms with van der Waals surface area (Å²) in [6, 6.07) is 35.5. The van der Waals surface area contributed by atoms with Crippen LogP contribution in [-0.4, -0.2) is 9.97 Å². The van der Waals surface area contributed by atoms with E-state index < -0.39 is 0 Å². The maximum Gasteiger partial charge on any atom is 0.228 e. The highest BCUT2D eigenvalue weighted by Crippen LogP contribution is 2.39. The number of halogens is 1. The summed E-state index contributed by atoms with van der Waals surface area (Å²) in [4.78, 5) is 9.99. The molecular formula is C28H18IN3S. The number of aromatic nitrogens is 2. The Balaban J connectivity index is 1.55. The molecule has 0 unspecified atom stereocenters. The standard InChI is InChI=1S/C28H18IN3S/c29-22-15-7-4-12-19(22)20-13-5-8-16-23(20)30-28-31-25(18-10-2-1-3-11-18)27-26(32-28)21-14-6-9-17-24(21)33-27/h1-17H,(H,30,31,32). The van der Waals surface area contributed by atoms with Gasteiger partial charge in [-0.2, -0.15) is 0 Å². The van der Waals surface area contributed by atoms with Gasteiger partial charge < -0.3 is 5.32 Å². The van der Waals surface area contributed by atoms with Crippen molar-refractivity contribution in [2.75, 3.05) is 5.32 Å². The fraction of sp³-hybridized carbons (Fsp3) is 0. The third-order valence-corrected chi connectivity index (χ3v) is 7.71. The van der Waals surface area contributed by atoms with E-state index in [1.807, 2.05) is 12.1 Å². The second-order valence-corrected chi connectivity index (χ2v) is 9.90. The van der Waals surface area contributed by atoms with Crippen molar-refractivity contribution in [1.29, 1.82) is 0 Å². The molecule has 0 bridgehead atoms. The van der Waals surface area contributed by atoms with Crippen molar-refractivity contribution in [3.05, 3.63) is 107 Å². The second-order valence-electron chi connectivity index (χ2n) is 7.69. The number of benzene rings is 4. The summed E-state index contributed by atoms with van der Waals surface area (Å²) < 4.78 is 3.53. The molecule has 0 aliphatic heterocycles. The van der Waals surface area contributed by atoms with Gasteiger partial charge in [0, 0.05) is 30.5 Å². The summed E-state index contributed by atoms with van der Waals surface area (Å²) in [6.45, 7) is 0. The normalized spacial score (nSPS) is 11.2. The Morgan fingerprint density at radius 3 is 2.21 bits per heavy atom. The number of rotatable bonds is 4. The molecule has 0 radical (unpaired) electrons. The highest BCUT2D eigenvalue weighted by Gasteiger charge is 2.16. The van der Waals surface area contributed by atoms with Crippen molar-refractivity contribution in [3.63, 3.8) is 0 Å². The molecule has 3 nitrogen and oxygen atoms in total. The van der Waals surface area contributed by atoms with Crippen molar-refractivity contribution >= 4 is 65.9 Å². The third-order valence-electron chi connectivity index (χ3n) is 5.60. The minimum absolute atomic E-state index is 0.600. The van der Waals surface area contributed by atoms with Gasteiger partial charge in [-0.15, -0.1) is 11.3 Å².